The highest BCUT2D eigenvalue weighted by molar-refractivity contribution is 8.00. The van der Waals surface area contributed by atoms with E-state index in [1.165, 1.54) is 4.90 Å². The lowest BCUT2D eigenvalue weighted by Crippen LogP contribution is -2.39. The Bertz CT molecular complexity index is 631. The van der Waals surface area contributed by atoms with Crippen LogP contribution in [-0.4, -0.2) is 36.9 Å². The van der Waals surface area contributed by atoms with Crippen molar-refractivity contribution < 1.29 is 4.74 Å². The molecule has 1 aromatic carbocycles. The summed E-state index contributed by atoms with van der Waals surface area (Å²) in [6.45, 7) is 3.70. The molecule has 1 aromatic heterocycles. The number of guanidine groups is 1. The Morgan fingerprint density at radius 1 is 1.21 bits per heavy atom. The van der Waals surface area contributed by atoms with Crippen LogP contribution in [-0.2, 0) is 6.54 Å². The van der Waals surface area contributed by atoms with Crippen LogP contribution in [0.15, 0.2) is 58.5 Å². The quantitative estimate of drug-likeness (QED) is 0.459. The molecule has 0 aliphatic heterocycles. The van der Waals surface area contributed by atoms with Gasteiger partial charge in [-0.3, -0.25) is 4.99 Å². The maximum absolute atomic E-state index is 5.06. The third-order valence-corrected chi connectivity index (χ3v) is 4.44. The maximum Gasteiger partial charge on any atom is 0.212 e. The Morgan fingerprint density at radius 2 is 2.00 bits per heavy atom. The molecule has 0 fully saturated rings. The predicted molar refractivity (Wildman–Crippen MR) is 101 cm³/mol. The second kappa shape index (κ2) is 9.82. The molecule has 2 rings (SSSR count). The topological polar surface area (TPSA) is 58.5 Å². The zero-order valence-corrected chi connectivity index (χ0v) is 15.1. The molecule has 0 bridgehead atoms. The highest BCUT2D eigenvalue weighted by Gasteiger charge is 2.06. The van der Waals surface area contributed by atoms with Gasteiger partial charge in [0.2, 0.25) is 5.88 Å². The summed E-state index contributed by atoms with van der Waals surface area (Å²) in [4.78, 5) is 9.73. The summed E-state index contributed by atoms with van der Waals surface area (Å²) in [6.07, 6.45) is 1.80. The number of rotatable bonds is 7. The Hall–Kier alpha value is -2.21. The zero-order chi connectivity index (χ0) is 17.2. The average Bonchev–Trinajstić information content (AvgIpc) is 2.63. The minimum absolute atomic E-state index is 0.439. The van der Waals surface area contributed by atoms with Crippen LogP contribution in [0.2, 0.25) is 0 Å². The van der Waals surface area contributed by atoms with Gasteiger partial charge in [-0.2, -0.15) is 0 Å². The standard InChI is InChI=1S/C18H24N4OS/c1-14(24-16-7-5-4-6-8-16)11-21-18(19-2)22-13-15-9-10-17(23-3)20-12-15/h4-10,12,14H,11,13H2,1-3H3,(H2,19,21,22). The molecular weight excluding hydrogens is 320 g/mol. The van der Waals surface area contributed by atoms with Gasteiger partial charge in [-0.15, -0.1) is 11.8 Å². The molecule has 128 valence electrons. The highest BCUT2D eigenvalue weighted by Crippen LogP contribution is 2.21. The molecule has 0 amide bonds. The number of methoxy groups -OCH3 is 1. The molecule has 6 heteroatoms. The number of hydrogen-bond acceptors (Lipinski definition) is 4. The van der Waals surface area contributed by atoms with Crippen LogP contribution >= 0.6 is 11.8 Å². The van der Waals surface area contributed by atoms with Gasteiger partial charge in [-0.05, 0) is 17.7 Å². The normalized spacial score (nSPS) is 12.5. The maximum atomic E-state index is 5.06. The summed E-state index contributed by atoms with van der Waals surface area (Å²) in [5, 5.41) is 7.08. The van der Waals surface area contributed by atoms with Gasteiger partial charge < -0.3 is 15.4 Å². The lowest BCUT2D eigenvalue weighted by Gasteiger charge is -2.16. The van der Waals surface area contributed by atoms with Crippen molar-refractivity contribution in [3.05, 3.63) is 54.2 Å². The monoisotopic (exact) mass is 344 g/mol. The van der Waals surface area contributed by atoms with Gasteiger partial charge in [-0.1, -0.05) is 31.2 Å². The molecule has 2 N–H and O–H groups in total. The summed E-state index contributed by atoms with van der Waals surface area (Å²) >= 11 is 1.85. The van der Waals surface area contributed by atoms with Crippen LogP contribution in [0.4, 0.5) is 0 Å². The smallest absolute Gasteiger partial charge is 0.212 e. The Balaban J connectivity index is 1.75. The van der Waals surface area contributed by atoms with Crippen molar-refractivity contribution in [1.82, 2.24) is 15.6 Å². The molecule has 24 heavy (non-hydrogen) atoms. The molecule has 2 aromatic rings. The van der Waals surface area contributed by atoms with Crippen LogP contribution in [0, 0.1) is 0 Å². The largest absolute Gasteiger partial charge is 0.481 e. The van der Waals surface area contributed by atoms with Crippen molar-refractivity contribution in [2.45, 2.75) is 23.6 Å². The molecule has 1 atom stereocenters. The third-order valence-electron chi connectivity index (χ3n) is 3.33. The van der Waals surface area contributed by atoms with E-state index in [4.69, 9.17) is 4.74 Å². The van der Waals surface area contributed by atoms with Gasteiger partial charge in [0.25, 0.3) is 0 Å². The van der Waals surface area contributed by atoms with E-state index in [0.717, 1.165) is 18.1 Å². The van der Waals surface area contributed by atoms with Gasteiger partial charge in [0.15, 0.2) is 5.96 Å². The molecule has 1 heterocycles. The summed E-state index contributed by atoms with van der Waals surface area (Å²) in [7, 11) is 3.39. The lowest BCUT2D eigenvalue weighted by atomic mass is 10.3. The number of nitrogens with one attached hydrogen (secondary N) is 2. The number of hydrogen-bond donors (Lipinski definition) is 2. The van der Waals surface area contributed by atoms with E-state index < -0.39 is 0 Å². The van der Waals surface area contributed by atoms with Gasteiger partial charge in [0.05, 0.1) is 7.11 Å². The van der Waals surface area contributed by atoms with Crippen LogP contribution in [0.3, 0.4) is 0 Å². The average molecular weight is 344 g/mol. The van der Waals surface area contributed by atoms with Crippen molar-refractivity contribution in [2.75, 3.05) is 20.7 Å². The molecule has 0 spiro atoms. The third kappa shape index (κ3) is 6.12. The van der Waals surface area contributed by atoms with Crippen LogP contribution in [0.25, 0.3) is 0 Å². The second-order valence-corrected chi connectivity index (χ2v) is 6.77. The molecule has 1 unspecified atom stereocenters. The number of ether oxygens (including phenoxy) is 1. The number of thioether (sulfide) groups is 1. The molecule has 0 saturated carbocycles. The predicted octanol–water partition coefficient (Wildman–Crippen LogP) is 2.94. The first kappa shape index (κ1) is 18.1. The molecule has 0 aliphatic rings. The summed E-state index contributed by atoms with van der Waals surface area (Å²) < 4.78 is 5.06. The fourth-order valence-corrected chi connectivity index (χ4v) is 3.00. The Labute approximate surface area is 147 Å². The van der Waals surface area contributed by atoms with Crippen molar-refractivity contribution in [2.24, 2.45) is 4.99 Å². The van der Waals surface area contributed by atoms with E-state index in [-0.39, 0.29) is 0 Å². The zero-order valence-electron chi connectivity index (χ0n) is 14.3. The van der Waals surface area contributed by atoms with Crippen molar-refractivity contribution in [3.63, 3.8) is 0 Å². The summed E-state index contributed by atoms with van der Waals surface area (Å²) in [5.41, 5.74) is 1.07. The van der Waals surface area contributed by atoms with E-state index in [0.29, 0.717) is 17.7 Å². The van der Waals surface area contributed by atoms with Gasteiger partial charge in [0.1, 0.15) is 0 Å². The highest BCUT2D eigenvalue weighted by atomic mass is 32.2. The van der Waals surface area contributed by atoms with Crippen molar-refractivity contribution in [3.8, 4) is 5.88 Å². The number of pyridine rings is 1. The van der Waals surface area contributed by atoms with Crippen LogP contribution < -0.4 is 15.4 Å². The lowest BCUT2D eigenvalue weighted by molar-refractivity contribution is 0.397. The number of nitrogens with zero attached hydrogens (tertiary/aromatic N) is 2. The Kier molecular flexibility index (Phi) is 7.42. The van der Waals surface area contributed by atoms with E-state index in [9.17, 15) is 0 Å². The van der Waals surface area contributed by atoms with Crippen LogP contribution in [0.1, 0.15) is 12.5 Å². The van der Waals surface area contributed by atoms with Crippen LogP contribution in [0.5, 0.6) is 5.88 Å². The SMILES string of the molecule is CN=C(NCc1ccc(OC)nc1)NCC(C)Sc1ccccc1. The number of aromatic nitrogens is 1. The fourth-order valence-electron chi connectivity index (χ4n) is 2.06. The second-order valence-electron chi connectivity index (χ2n) is 5.26. The minimum atomic E-state index is 0.439. The molecule has 0 saturated heterocycles. The van der Waals surface area contributed by atoms with E-state index in [1.807, 2.05) is 30.0 Å². The number of aliphatic imine (C=N–C) groups is 1. The van der Waals surface area contributed by atoms with Gasteiger partial charge >= 0.3 is 0 Å². The number of benzene rings is 1. The first-order valence-electron chi connectivity index (χ1n) is 7.86. The van der Waals surface area contributed by atoms with E-state index in [2.05, 4.69) is 51.8 Å². The molecule has 0 aliphatic carbocycles. The fraction of sp³-hybridized carbons (Fsp3) is 0.333. The van der Waals surface area contributed by atoms with Crippen molar-refractivity contribution >= 4 is 17.7 Å². The van der Waals surface area contributed by atoms with E-state index in [1.54, 1.807) is 20.4 Å². The molecule has 5 nitrogen and oxygen atoms in total. The van der Waals surface area contributed by atoms with E-state index >= 15 is 0 Å². The Morgan fingerprint density at radius 3 is 2.62 bits per heavy atom. The van der Waals surface area contributed by atoms with Crippen molar-refractivity contribution in [1.29, 1.82) is 0 Å². The first-order chi connectivity index (χ1) is 11.7. The summed E-state index contributed by atoms with van der Waals surface area (Å²) in [6, 6.07) is 14.3. The van der Waals surface area contributed by atoms with Gasteiger partial charge in [-0.25, -0.2) is 4.98 Å². The minimum Gasteiger partial charge on any atom is -0.481 e. The molecular formula is C18H24N4OS. The molecule has 0 radical (unpaired) electrons. The van der Waals surface area contributed by atoms with Gasteiger partial charge in [0, 0.05) is 42.5 Å². The summed E-state index contributed by atoms with van der Waals surface area (Å²) in [5.74, 6) is 1.40. The first-order valence-corrected chi connectivity index (χ1v) is 8.74.